The first kappa shape index (κ1) is 55.7. The first-order chi connectivity index (χ1) is 43.2. The van der Waals surface area contributed by atoms with Crippen LogP contribution in [0.15, 0.2) is 227 Å². The molecule has 0 saturated heterocycles. The fourth-order valence-corrected chi connectivity index (χ4v) is 15.2. The second-order valence-corrected chi connectivity index (χ2v) is 29.6. The zero-order valence-electron chi connectivity index (χ0n) is 53.9. The molecule has 1 spiro atoms. The molecule has 442 valence electrons. The maximum Gasteiger partial charge on any atom is 0.160 e. The quantitative estimate of drug-likeness (QED) is 0.166. The van der Waals surface area contributed by atoms with E-state index in [-0.39, 0.29) is 21.7 Å². The number of rotatable bonds is 6. The second-order valence-electron chi connectivity index (χ2n) is 29.6. The van der Waals surface area contributed by atoms with Gasteiger partial charge in [0.1, 0.15) is 16.9 Å². The van der Waals surface area contributed by atoms with Crippen LogP contribution in [0.2, 0.25) is 0 Å². The fourth-order valence-electron chi connectivity index (χ4n) is 15.2. The first-order valence-electron chi connectivity index (χ1n) is 32.2. The number of benzene rings is 11. The SMILES string of the molecule is CC(C)(C)c1ccc(N(c2ccc(C(C)(C)C)cc2)c2cc3cc4c(cc3c3c5c(oc23)C=CCC=C5)-c2c(cc(N(c3ccc(C(C)(C)C)cc3)c3ccc(C(C)(C)C)cc3)c3c2ccc2oc5ccccc5c23)C42c3ccccc3-c3ccccc32)cc1. The number of fused-ring (bicyclic) bond motifs is 21. The lowest BCUT2D eigenvalue weighted by molar-refractivity contribution is 0.590. The smallest absolute Gasteiger partial charge is 0.160 e. The third-order valence-electron chi connectivity index (χ3n) is 19.9. The van der Waals surface area contributed by atoms with E-state index in [9.17, 15) is 0 Å². The van der Waals surface area contributed by atoms with Gasteiger partial charge in [-0.3, -0.25) is 0 Å². The lowest BCUT2D eigenvalue weighted by Crippen LogP contribution is -2.26. The number of anilines is 6. The second kappa shape index (κ2) is 19.7. The summed E-state index contributed by atoms with van der Waals surface area (Å²) in [6, 6.07) is 78.9. The van der Waals surface area contributed by atoms with Gasteiger partial charge < -0.3 is 18.6 Å². The summed E-state index contributed by atoms with van der Waals surface area (Å²) in [6.45, 7) is 27.5. The van der Waals surface area contributed by atoms with Crippen molar-refractivity contribution in [2.45, 2.75) is 117 Å². The molecule has 13 aromatic rings. The Kier molecular flexibility index (Phi) is 12.2. The Morgan fingerprint density at radius 1 is 0.356 bits per heavy atom. The van der Waals surface area contributed by atoms with Crippen molar-refractivity contribution < 1.29 is 8.83 Å². The molecular weight excluding hydrogens is 1090 g/mol. The maximum atomic E-state index is 7.40. The van der Waals surface area contributed by atoms with Crippen LogP contribution in [-0.2, 0) is 27.1 Å². The number of hydrogen-bond donors (Lipinski definition) is 0. The van der Waals surface area contributed by atoms with Crippen LogP contribution in [0.4, 0.5) is 34.1 Å². The van der Waals surface area contributed by atoms with E-state index in [1.165, 1.54) is 72.1 Å². The molecular formula is C86H76N2O2. The molecule has 90 heavy (non-hydrogen) atoms. The Morgan fingerprint density at radius 2 is 0.844 bits per heavy atom. The Hall–Kier alpha value is -9.64. The highest BCUT2D eigenvalue weighted by Crippen LogP contribution is 2.66. The maximum absolute atomic E-state index is 7.40. The molecule has 0 amide bonds. The summed E-state index contributed by atoms with van der Waals surface area (Å²) in [5.41, 5.74) is 24.4. The molecule has 3 aliphatic rings. The van der Waals surface area contributed by atoms with Gasteiger partial charge >= 0.3 is 0 Å². The van der Waals surface area contributed by atoms with Crippen LogP contribution in [-0.4, -0.2) is 0 Å². The molecule has 11 aromatic carbocycles. The summed E-state index contributed by atoms with van der Waals surface area (Å²) in [6.07, 6.45) is 9.81. The average molecular weight is 1170 g/mol. The molecule has 0 bridgehead atoms. The van der Waals surface area contributed by atoms with Gasteiger partial charge in [-0.1, -0.05) is 217 Å². The van der Waals surface area contributed by atoms with Gasteiger partial charge in [-0.25, -0.2) is 0 Å². The van der Waals surface area contributed by atoms with Crippen molar-refractivity contribution in [3.05, 3.63) is 274 Å². The number of furan rings is 2. The van der Waals surface area contributed by atoms with Crippen molar-refractivity contribution in [2.24, 2.45) is 0 Å². The lowest BCUT2D eigenvalue weighted by atomic mass is 9.70. The average Bonchev–Trinajstić information content (AvgIpc) is 1.49. The van der Waals surface area contributed by atoms with Crippen molar-refractivity contribution in [3.63, 3.8) is 0 Å². The van der Waals surface area contributed by atoms with E-state index in [4.69, 9.17) is 8.83 Å². The van der Waals surface area contributed by atoms with Crippen LogP contribution in [0, 0.1) is 0 Å². The Morgan fingerprint density at radius 3 is 1.38 bits per heavy atom. The van der Waals surface area contributed by atoms with E-state index in [0.29, 0.717) is 0 Å². The Balaban J connectivity index is 1.07. The minimum atomic E-state index is -0.739. The molecule has 0 saturated carbocycles. The summed E-state index contributed by atoms with van der Waals surface area (Å²) in [7, 11) is 0. The van der Waals surface area contributed by atoms with E-state index in [1.54, 1.807) is 0 Å². The topological polar surface area (TPSA) is 32.8 Å². The zero-order chi connectivity index (χ0) is 62.0. The predicted molar refractivity (Wildman–Crippen MR) is 382 cm³/mol. The standard InChI is InChI=1S/C86H76N2O2/c1-82(2,3)53-30-38-57(39-31-53)87(58-40-32-54(33-41-58)83(4,5)6)72-51-71-77(65-46-47-76-80(79(65)72)64-25-18-21-29-74(64)89-76)67-50-66-52(48-70(67)86(71)68-26-19-16-22-61(68)62-23-17-20-27-69(62)86)49-73(81-78(66)63-24-14-13-15-28-75(63)90-81)88(59-42-34-55(35-43-59)84(7,8)9)60-44-36-56(37-45-60)85(10,11)12/h14-51H,13H2,1-12H3. The molecule has 0 aliphatic heterocycles. The lowest BCUT2D eigenvalue weighted by Gasteiger charge is -2.33. The summed E-state index contributed by atoms with van der Waals surface area (Å²) in [5, 5.41) is 7.92. The van der Waals surface area contributed by atoms with Crippen molar-refractivity contribution in [3.8, 4) is 22.3 Å². The number of allylic oxidation sites excluding steroid dienone is 2. The number of para-hydroxylation sites is 1. The van der Waals surface area contributed by atoms with Gasteiger partial charge in [-0.2, -0.15) is 0 Å². The van der Waals surface area contributed by atoms with Crippen LogP contribution >= 0.6 is 0 Å². The molecule has 16 rings (SSSR count). The third kappa shape index (κ3) is 8.39. The normalized spacial score (nSPS) is 14.2. The van der Waals surface area contributed by atoms with Crippen molar-refractivity contribution >= 4 is 101 Å². The number of nitrogens with zero attached hydrogens (tertiary/aromatic N) is 2. The fraction of sp³-hybridized carbons (Fsp3) is 0.209. The van der Waals surface area contributed by atoms with E-state index < -0.39 is 5.41 Å². The monoisotopic (exact) mass is 1170 g/mol. The summed E-state index contributed by atoms with van der Waals surface area (Å²) < 4.78 is 14.3. The van der Waals surface area contributed by atoms with Crippen LogP contribution in [0.3, 0.4) is 0 Å². The van der Waals surface area contributed by atoms with Gasteiger partial charge in [0.15, 0.2) is 5.58 Å². The largest absolute Gasteiger partial charge is 0.456 e. The van der Waals surface area contributed by atoms with Gasteiger partial charge in [0.05, 0.1) is 16.8 Å². The molecule has 4 heteroatoms. The van der Waals surface area contributed by atoms with E-state index in [1.807, 2.05) is 0 Å². The van der Waals surface area contributed by atoms with Crippen LogP contribution in [0.5, 0.6) is 0 Å². The van der Waals surface area contributed by atoms with E-state index in [2.05, 4.69) is 323 Å². The van der Waals surface area contributed by atoms with Gasteiger partial charge in [0.25, 0.3) is 0 Å². The van der Waals surface area contributed by atoms with Crippen LogP contribution in [0.25, 0.3) is 88.9 Å². The van der Waals surface area contributed by atoms with Crippen LogP contribution < -0.4 is 9.80 Å². The van der Waals surface area contributed by atoms with Crippen molar-refractivity contribution in [1.82, 2.24) is 0 Å². The molecule has 0 atom stereocenters. The Labute approximate surface area is 529 Å². The van der Waals surface area contributed by atoms with Gasteiger partial charge in [-0.05, 0) is 208 Å². The highest BCUT2D eigenvalue weighted by molar-refractivity contribution is 6.28. The molecule has 0 N–H and O–H groups in total. The minimum Gasteiger partial charge on any atom is -0.456 e. The summed E-state index contributed by atoms with van der Waals surface area (Å²) in [5.74, 6) is 0.866. The van der Waals surface area contributed by atoms with Crippen LogP contribution in [0.1, 0.15) is 145 Å². The zero-order valence-corrected chi connectivity index (χ0v) is 53.9. The molecule has 0 fully saturated rings. The minimum absolute atomic E-state index is 0.0192. The molecule has 2 heterocycles. The molecule has 3 aliphatic carbocycles. The molecule has 2 aromatic heterocycles. The molecule has 4 nitrogen and oxygen atoms in total. The Bertz CT molecular complexity index is 4990. The highest BCUT2D eigenvalue weighted by Gasteiger charge is 2.53. The van der Waals surface area contributed by atoms with Crippen molar-refractivity contribution in [1.29, 1.82) is 0 Å². The highest BCUT2D eigenvalue weighted by atomic mass is 16.3. The predicted octanol–water partition coefficient (Wildman–Crippen LogP) is 24.5. The third-order valence-corrected chi connectivity index (χ3v) is 19.9. The first-order valence-corrected chi connectivity index (χ1v) is 32.2. The van der Waals surface area contributed by atoms with Gasteiger partial charge in [0.2, 0.25) is 0 Å². The van der Waals surface area contributed by atoms with Gasteiger partial charge in [-0.15, -0.1) is 0 Å². The van der Waals surface area contributed by atoms with E-state index >= 15 is 0 Å². The molecule has 0 unspecified atom stereocenters. The van der Waals surface area contributed by atoms with E-state index in [0.717, 1.165) is 101 Å². The number of hydrogen-bond acceptors (Lipinski definition) is 4. The summed E-state index contributed by atoms with van der Waals surface area (Å²) >= 11 is 0. The molecule has 0 radical (unpaired) electrons. The summed E-state index contributed by atoms with van der Waals surface area (Å²) in [4.78, 5) is 4.97. The van der Waals surface area contributed by atoms with Crippen molar-refractivity contribution in [2.75, 3.05) is 9.80 Å². The van der Waals surface area contributed by atoms with Gasteiger partial charge in [0, 0.05) is 49.9 Å².